The van der Waals surface area contributed by atoms with E-state index in [0.29, 0.717) is 0 Å². The van der Waals surface area contributed by atoms with Crippen LogP contribution in [0.2, 0.25) is 0 Å². The SMILES string of the molecule is c1ccc(-c2ccc(-c3ccc(-c4ccc5c(c4)c4cc(-c6ccc(-c7ccc(-c8ccccc8)cc7)cc6-c6ccccc6)ccc4n5-c4cc(-c5cccc6ccccc56)cc(-c5cccc6ccccc56)c4)c(-c4ccccc4)c3)cc2)cc1. The first kappa shape index (κ1) is 51.3. The Morgan fingerprint density at radius 3 is 0.885 bits per heavy atom. The molecule has 406 valence electrons. The van der Waals surface area contributed by atoms with Gasteiger partial charge in [-0.05, 0) is 187 Å². The third kappa shape index (κ3) is 9.59. The lowest BCUT2D eigenvalue weighted by molar-refractivity contribution is 1.18. The molecule has 16 rings (SSSR count). The molecule has 0 aliphatic heterocycles. The molecule has 0 saturated heterocycles. The fraction of sp³-hybridized carbons (Fsp3) is 0. The summed E-state index contributed by atoms with van der Waals surface area (Å²) in [5, 5.41) is 7.26. The highest BCUT2D eigenvalue weighted by Crippen LogP contribution is 2.45. The molecule has 0 spiro atoms. The molecule has 0 saturated carbocycles. The van der Waals surface area contributed by atoms with Crippen molar-refractivity contribution in [2.45, 2.75) is 0 Å². The normalized spacial score (nSPS) is 11.4. The first-order chi connectivity index (χ1) is 43.1. The van der Waals surface area contributed by atoms with Crippen molar-refractivity contribution in [3.05, 3.63) is 346 Å². The molecule has 0 aliphatic rings. The lowest BCUT2D eigenvalue weighted by Gasteiger charge is -2.17. The van der Waals surface area contributed by atoms with Crippen LogP contribution >= 0.6 is 0 Å². The number of hydrogen-bond donors (Lipinski definition) is 0. The van der Waals surface area contributed by atoms with Crippen molar-refractivity contribution in [2.24, 2.45) is 0 Å². The van der Waals surface area contributed by atoms with Gasteiger partial charge in [0.25, 0.3) is 0 Å². The zero-order valence-electron chi connectivity index (χ0n) is 47.9. The molecule has 0 bridgehead atoms. The van der Waals surface area contributed by atoms with Gasteiger partial charge in [0.2, 0.25) is 0 Å². The Kier molecular flexibility index (Phi) is 13.0. The molecule has 0 N–H and O–H groups in total. The fourth-order valence-corrected chi connectivity index (χ4v) is 13.3. The monoisotopic (exact) mass is 1100 g/mol. The summed E-state index contributed by atoms with van der Waals surface area (Å²) < 4.78 is 2.52. The fourth-order valence-electron chi connectivity index (χ4n) is 13.3. The van der Waals surface area contributed by atoms with Gasteiger partial charge >= 0.3 is 0 Å². The third-order valence-corrected chi connectivity index (χ3v) is 17.6. The molecule has 0 radical (unpaired) electrons. The van der Waals surface area contributed by atoms with Crippen LogP contribution in [0.3, 0.4) is 0 Å². The summed E-state index contributed by atoms with van der Waals surface area (Å²) >= 11 is 0. The number of nitrogens with zero attached hydrogens (tertiary/aromatic N) is 1. The summed E-state index contributed by atoms with van der Waals surface area (Å²) in [4.78, 5) is 0. The summed E-state index contributed by atoms with van der Waals surface area (Å²) in [5.41, 5.74) is 27.1. The second-order valence-electron chi connectivity index (χ2n) is 22.8. The molecule has 0 fully saturated rings. The van der Waals surface area contributed by atoms with E-state index in [4.69, 9.17) is 0 Å². The van der Waals surface area contributed by atoms with Gasteiger partial charge in [-0.2, -0.15) is 0 Å². The van der Waals surface area contributed by atoms with E-state index >= 15 is 0 Å². The van der Waals surface area contributed by atoms with E-state index in [9.17, 15) is 0 Å². The molecule has 1 aromatic heterocycles. The minimum absolute atomic E-state index is 1.10. The third-order valence-electron chi connectivity index (χ3n) is 17.6. The first-order valence-electron chi connectivity index (χ1n) is 30.0. The summed E-state index contributed by atoms with van der Waals surface area (Å²) in [7, 11) is 0. The molecule has 1 nitrogen and oxygen atoms in total. The van der Waals surface area contributed by atoms with Gasteiger partial charge in [-0.15, -0.1) is 0 Å². The van der Waals surface area contributed by atoms with Crippen molar-refractivity contribution in [3.63, 3.8) is 0 Å². The molecule has 87 heavy (non-hydrogen) atoms. The highest BCUT2D eigenvalue weighted by Gasteiger charge is 2.21. The maximum Gasteiger partial charge on any atom is 0.0541 e. The molecule has 0 atom stereocenters. The Morgan fingerprint density at radius 1 is 0.149 bits per heavy atom. The quantitative estimate of drug-likeness (QED) is 0.122. The summed E-state index contributed by atoms with van der Waals surface area (Å²) in [6, 6.07) is 127. The second kappa shape index (κ2) is 22.0. The molecule has 0 unspecified atom stereocenters. The van der Waals surface area contributed by atoms with E-state index < -0.39 is 0 Å². The molecule has 16 aromatic rings. The molecule has 0 aliphatic carbocycles. The lowest BCUT2D eigenvalue weighted by Crippen LogP contribution is -1.97. The van der Waals surface area contributed by atoms with E-state index in [-0.39, 0.29) is 0 Å². The van der Waals surface area contributed by atoms with Crippen LogP contribution < -0.4 is 0 Å². The van der Waals surface area contributed by atoms with Crippen LogP contribution in [0.15, 0.2) is 346 Å². The Bertz CT molecular complexity index is 4880. The summed E-state index contributed by atoms with van der Waals surface area (Å²) in [6.45, 7) is 0. The zero-order chi connectivity index (χ0) is 57.6. The minimum Gasteiger partial charge on any atom is -0.309 e. The van der Waals surface area contributed by atoms with Crippen LogP contribution in [0.4, 0.5) is 0 Å². The van der Waals surface area contributed by atoms with Crippen LogP contribution in [0, 0.1) is 0 Å². The van der Waals surface area contributed by atoms with Crippen molar-refractivity contribution < 1.29 is 0 Å². The van der Waals surface area contributed by atoms with Crippen LogP contribution in [-0.4, -0.2) is 4.57 Å². The highest BCUT2D eigenvalue weighted by molar-refractivity contribution is 6.13. The molecular formula is C86H57N. The van der Waals surface area contributed by atoms with Gasteiger partial charge in [0.1, 0.15) is 0 Å². The molecule has 0 amide bonds. The van der Waals surface area contributed by atoms with Crippen molar-refractivity contribution in [3.8, 4) is 117 Å². The Morgan fingerprint density at radius 2 is 0.471 bits per heavy atom. The van der Waals surface area contributed by atoms with E-state index in [1.807, 2.05) is 0 Å². The van der Waals surface area contributed by atoms with Gasteiger partial charge in [0.05, 0.1) is 11.0 Å². The molecular weight excluding hydrogens is 1050 g/mol. The summed E-state index contributed by atoms with van der Waals surface area (Å²) in [6.07, 6.45) is 0. The molecule has 1 heterocycles. The average Bonchev–Trinajstić information content (AvgIpc) is 1.97. The minimum atomic E-state index is 1.10. The van der Waals surface area contributed by atoms with Crippen molar-refractivity contribution in [2.75, 3.05) is 0 Å². The maximum absolute atomic E-state index is 2.52. The van der Waals surface area contributed by atoms with Crippen LogP contribution in [0.5, 0.6) is 0 Å². The molecule has 1 heteroatoms. The number of benzene rings is 15. The largest absolute Gasteiger partial charge is 0.309 e. The number of aromatic nitrogens is 1. The van der Waals surface area contributed by atoms with Crippen molar-refractivity contribution >= 4 is 43.4 Å². The van der Waals surface area contributed by atoms with E-state index in [0.717, 1.165) is 27.8 Å². The molecule has 15 aromatic carbocycles. The zero-order valence-corrected chi connectivity index (χ0v) is 47.9. The standard InChI is InChI=1S/C86H57N/c1-5-19-58(20-6-1)60-35-39-62(40-36-60)68-43-47-79(81(54-68)66-23-9-3-10-24-66)70-45-49-85-83(56-70)84-57-71(80-48-44-69(55-82(80)67-25-11-4-12-26-67)63-41-37-61(38-42-63)59-21-7-2-8-22-59)46-50-86(84)87(85)74-52-72(77-33-17-29-64-27-13-15-31-75(64)77)51-73(53-74)78-34-18-30-65-28-14-16-32-76(65)78/h1-57H. The highest BCUT2D eigenvalue weighted by atomic mass is 15.0. The Balaban J connectivity index is 0.912. The maximum atomic E-state index is 2.52. The van der Waals surface area contributed by atoms with Gasteiger partial charge in [0.15, 0.2) is 0 Å². The van der Waals surface area contributed by atoms with Gasteiger partial charge in [-0.25, -0.2) is 0 Å². The summed E-state index contributed by atoms with van der Waals surface area (Å²) in [5.74, 6) is 0. The van der Waals surface area contributed by atoms with Crippen LogP contribution in [-0.2, 0) is 0 Å². The first-order valence-corrected chi connectivity index (χ1v) is 30.0. The van der Waals surface area contributed by atoms with Crippen LogP contribution in [0.1, 0.15) is 0 Å². The van der Waals surface area contributed by atoms with Crippen molar-refractivity contribution in [1.29, 1.82) is 0 Å². The number of fused-ring (bicyclic) bond motifs is 5. The topological polar surface area (TPSA) is 4.93 Å². The van der Waals surface area contributed by atoms with Crippen LogP contribution in [0.25, 0.3) is 160 Å². The van der Waals surface area contributed by atoms with E-state index in [1.54, 1.807) is 0 Å². The Labute approximate surface area is 507 Å². The smallest absolute Gasteiger partial charge is 0.0541 e. The van der Waals surface area contributed by atoms with E-state index in [2.05, 4.69) is 350 Å². The van der Waals surface area contributed by atoms with Gasteiger partial charge < -0.3 is 4.57 Å². The lowest BCUT2D eigenvalue weighted by atomic mass is 9.89. The average molecular weight is 1100 g/mol. The van der Waals surface area contributed by atoms with Crippen molar-refractivity contribution in [1.82, 2.24) is 4.57 Å². The Hall–Kier alpha value is -11.4. The predicted molar refractivity (Wildman–Crippen MR) is 370 cm³/mol. The van der Waals surface area contributed by atoms with Gasteiger partial charge in [-0.3, -0.25) is 0 Å². The van der Waals surface area contributed by atoms with E-state index in [1.165, 1.54) is 132 Å². The second-order valence-corrected chi connectivity index (χ2v) is 22.8. The number of hydrogen-bond acceptors (Lipinski definition) is 0. The number of rotatable bonds is 11. The van der Waals surface area contributed by atoms with Gasteiger partial charge in [-0.1, -0.05) is 291 Å². The van der Waals surface area contributed by atoms with Gasteiger partial charge in [0, 0.05) is 16.5 Å². The predicted octanol–water partition coefficient (Wildman–Crippen LogP) is 23.8.